The third-order valence-electron chi connectivity index (χ3n) is 1.75. The lowest BCUT2D eigenvalue weighted by Gasteiger charge is -2.14. The van der Waals surface area contributed by atoms with Crippen LogP contribution in [0.3, 0.4) is 0 Å². The highest BCUT2D eigenvalue weighted by Gasteiger charge is 2.01. The molecule has 0 aliphatic rings. The Morgan fingerprint density at radius 2 is 2.00 bits per heavy atom. The molecule has 0 heterocycles. The van der Waals surface area contributed by atoms with Crippen molar-refractivity contribution in [2.75, 3.05) is 6.54 Å². The Bertz CT molecular complexity index is 83.6. The van der Waals surface area contributed by atoms with Crippen molar-refractivity contribution in [2.24, 2.45) is 0 Å². The van der Waals surface area contributed by atoms with Crippen LogP contribution in [0, 0.1) is 0 Å². The molecule has 2 N–H and O–H groups in total. The molecule has 0 rings (SSSR count). The van der Waals surface area contributed by atoms with Gasteiger partial charge in [0.2, 0.25) is 0 Å². The average Bonchev–Trinajstić information content (AvgIpc) is 1.97. The first-order valence-corrected chi connectivity index (χ1v) is 4.58. The lowest BCUT2D eigenvalue weighted by atomic mass is 10.1. The van der Waals surface area contributed by atoms with E-state index in [2.05, 4.69) is 19.2 Å². The van der Waals surface area contributed by atoms with Crippen LogP contribution in [-0.4, -0.2) is 23.8 Å². The van der Waals surface area contributed by atoms with E-state index in [9.17, 15) is 0 Å². The van der Waals surface area contributed by atoms with Crippen molar-refractivity contribution in [3.8, 4) is 0 Å². The van der Waals surface area contributed by atoms with E-state index >= 15 is 0 Å². The van der Waals surface area contributed by atoms with Crippen LogP contribution in [0.1, 0.15) is 40.0 Å². The number of unbranched alkanes of at least 4 members (excludes halogenated alkanes) is 1. The molecule has 0 aromatic carbocycles. The van der Waals surface area contributed by atoms with E-state index in [-0.39, 0.29) is 6.10 Å². The van der Waals surface area contributed by atoms with Gasteiger partial charge in [-0.15, -0.1) is 0 Å². The molecule has 0 aliphatic carbocycles. The fourth-order valence-electron chi connectivity index (χ4n) is 0.984. The van der Waals surface area contributed by atoms with Crippen molar-refractivity contribution in [2.45, 2.75) is 52.2 Å². The first-order chi connectivity index (χ1) is 5.16. The van der Waals surface area contributed by atoms with Crippen molar-refractivity contribution in [1.82, 2.24) is 5.32 Å². The Morgan fingerprint density at radius 1 is 1.36 bits per heavy atom. The Balaban J connectivity index is 3.15. The van der Waals surface area contributed by atoms with Crippen LogP contribution in [-0.2, 0) is 0 Å². The molecule has 0 amide bonds. The van der Waals surface area contributed by atoms with Crippen LogP contribution < -0.4 is 5.32 Å². The minimum absolute atomic E-state index is 0.223. The van der Waals surface area contributed by atoms with Gasteiger partial charge in [-0.25, -0.2) is 0 Å². The summed E-state index contributed by atoms with van der Waals surface area (Å²) in [6.45, 7) is 6.88. The van der Waals surface area contributed by atoms with Crippen molar-refractivity contribution in [3.05, 3.63) is 0 Å². The zero-order valence-electron chi connectivity index (χ0n) is 7.93. The highest BCUT2D eigenvalue weighted by molar-refractivity contribution is 4.61. The fourth-order valence-corrected chi connectivity index (χ4v) is 0.984. The van der Waals surface area contributed by atoms with Gasteiger partial charge in [-0.1, -0.05) is 19.8 Å². The van der Waals surface area contributed by atoms with E-state index < -0.39 is 0 Å². The maximum atomic E-state index is 8.96. The third kappa shape index (κ3) is 7.82. The topological polar surface area (TPSA) is 32.3 Å². The predicted molar refractivity (Wildman–Crippen MR) is 48.7 cm³/mol. The molecule has 0 aromatic rings. The summed E-state index contributed by atoms with van der Waals surface area (Å²) in [6.07, 6.45) is 3.51. The van der Waals surface area contributed by atoms with Gasteiger partial charge >= 0.3 is 0 Å². The van der Waals surface area contributed by atoms with Crippen LogP contribution in [0.25, 0.3) is 0 Å². The van der Waals surface area contributed by atoms with E-state index in [1.54, 1.807) is 6.92 Å². The standard InChI is InChI=1S/C9H21NO/c1-4-5-6-8(2)10-7-9(3)11/h8-11H,4-7H2,1-3H3. The first kappa shape index (κ1) is 10.9. The average molecular weight is 159 g/mol. The van der Waals surface area contributed by atoms with E-state index in [0.717, 1.165) is 0 Å². The van der Waals surface area contributed by atoms with Crippen molar-refractivity contribution in [3.63, 3.8) is 0 Å². The number of rotatable bonds is 6. The predicted octanol–water partition coefficient (Wildman–Crippen LogP) is 1.54. The second-order valence-electron chi connectivity index (χ2n) is 3.30. The Morgan fingerprint density at radius 3 is 2.45 bits per heavy atom. The van der Waals surface area contributed by atoms with Crippen molar-refractivity contribution < 1.29 is 5.11 Å². The molecule has 0 radical (unpaired) electrons. The molecule has 0 spiro atoms. The van der Waals surface area contributed by atoms with Crippen molar-refractivity contribution >= 4 is 0 Å². The summed E-state index contributed by atoms with van der Waals surface area (Å²) in [4.78, 5) is 0. The Kier molecular flexibility index (Phi) is 6.57. The summed E-state index contributed by atoms with van der Waals surface area (Å²) in [5.74, 6) is 0. The van der Waals surface area contributed by atoms with Gasteiger partial charge in [-0.05, 0) is 20.3 Å². The SMILES string of the molecule is CCCCC(C)NCC(C)O. The van der Waals surface area contributed by atoms with Crippen LogP contribution in [0.4, 0.5) is 0 Å². The minimum Gasteiger partial charge on any atom is -0.392 e. The second kappa shape index (κ2) is 6.62. The van der Waals surface area contributed by atoms with Gasteiger partial charge in [0.05, 0.1) is 6.10 Å². The maximum Gasteiger partial charge on any atom is 0.0636 e. The zero-order valence-corrected chi connectivity index (χ0v) is 7.93. The van der Waals surface area contributed by atoms with Crippen LogP contribution in [0.15, 0.2) is 0 Å². The molecule has 0 saturated heterocycles. The normalized spacial score (nSPS) is 16.4. The number of hydrogen-bond donors (Lipinski definition) is 2. The van der Waals surface area contributed by atoms with Gasteiger partial charge in [-0.3, -0.25) is 0 Å². The number of hydrogen-bond acceptors (Lipinski definition) is 2. The molecule has 68 valence electrons. The van der Waals surface area contributed by atoms with E-state index in [1.165, 1.54) is 19.3 Å². The molecular formula is C9H21NO. The van der Waals surface area contributed by atoms with Gasteiger partial charge in [0, 0.05) is 12.6 Å². The molecule has 2 heteroatoms. The van der Waals surface area contributed by atoms with Gasteiger partial charge in [0.15, 0.2) is 0 Å². The van der Waals surface area contributed by atoms with E-state index in [0.29, 0.717) is 12.6 Å². The summed E-state index contributed by atoms with van der Waals surface area (Å²) in [7, 11) is 0. The molecule has 0 fully saturated rings. The van der Waals surface area contributed by atoms with Gasteiger partial charge in [0.25, 0.3) is 0 Å². The molecule has 11 heavy (non-hydrogen) atoms. The van der Waals surface area contributed by atoms with Crippen LogP contribution >= 0.6 is 0 Å². The summed E-state index contributed by atoms with van der Waals surface area (Å²) >= 11 is 0. The number of aliphatic hydroxyl groups excluding tert-OH is 1. The van der Waals surface area contributed by atoms with Crippen molar-refractivity contribution in [1.29, 1.82) is 0 Å². The second-order valence-corrected chi connectivity index (χ2v) is 3.30. The highest BCUT2D eigenvalue weighted by atomic mass is 16.3. The first-order valence-electron chi connectivity index (χ1n) is 4.58. The Hall–Kier alpha value is -0.0800. The molecule has 0 saturated carbocycles. The van der Waals surface area contributed by atoms with E-state index in [4.69, 9.17) is 5.11 Å². The van der Waals surface area contributed by atoms with Crippen LogP contribution in [0.5, 0.6) is 0 Å². The molecule has 0 aromatic heterocycles. The van der Waals surface area contributed by atoms with Crippen LogP contribution in [0.2, 0.25) is 0 Å². The minimum atomic E-state index is -0.223. The smallest absolute Gasteiger partial charge is 0.0636 e. The molecule has 2 nitrogen and oxygen atoms in total. The third-order valence-corrected chi connectivity index (χ3v) is 1.75. The lowest BCUT2D eigenvalue weighted by molar-refractivity contribution is 0.186. The molecule has 2 atom stereocenters. The van der Waals surface area contributed by atoms with E-state index in [1.807, 2.05) is 0 Å². The molecule has 0 aliphatic heterocycles. The largest absolute Gasteiger partial charge is 0.392 e. The highest BCUT2D eigenvalue weighted by Crippen LogP contribution is 1.98. The summed E-state index contributed by atoms with van der Waals surface area (Å²) in [5, 5.41) is 12.2. The summed E-state index contributed by atoms with van der Waals surface area (Å²) in [5.41, 5.74) is 0. The molecule has 0 bridgehead atoms. The zero-order chi connectivity index (χ0) is 8.69. The summed E-state index contributed by atoms with van der Waals surface area (Å²) in [6, 6.07) is 0.546. The maximum absolute atomic E-state index is 8.96. The molecular weight excluding hydrogens is 138 g/mol. The van der Waals surface area contributed by atoms with Gasteiger partial charge in [-0.2, -0.15) is 0 Å². The Labute approximate surface area is 70.0 Å². The molecule has 2 unspecified atom stereocenters. The number of nitrogens with one attached hydrogen (secondary N) is 1. The fraction of sp³-hybridized carbons (Fsp3) is 1.00. The monoisotopic (exact) mass is 159 g/mol. The number of aliphatic hydroxyl groups is 1. The van der Waals surface area contributed by atoms with Gasteiger partial charge < -0.3 is 10.4 Å². The summed E-state index contributed by atoms with van der Waals surface area (Å²) < 4.78 is 0. The quantitative estimate of drug-likeness (QED) is 0.616. The van der Waals surface area contributed by atoms with Gasteiger partial charge in [0.1, 0.15) is 0 Å². The lowest BCUT2D eigenvalue weighted by Crippen LogP contribution is -2.32.